The maximum absolute atomic E-state index is 13.5. The van der Waals surface area contributed by atoms with Crippen molar-refractivity contribution >= 4 is 40.1 Å². The number of hydrogen-bond acceptors (Lipinski definition) is 8. The summed E-state index contributed by atoms with van der Waals surface area (Å²) in [4.78, 5) is 34.9. The van der Waals surface area contributed by atoms with Crippen molar-refractivity contribution in [3.05, 3.63) is 70.8 Å². The number of carbonyl (C=O) groups excluding carboxylic acids is 2. The second-order valence-electron chi connectivity index (χ2n) is 11.9. The normalized spacial score (nSPS) is 15.3. The fourth-order valence-corrected chi connectivity index (χ4v) is 6.28. The molecule has 1 saturated heterocycles. The van der Waals surface area contributed by atoms with Gasteiger partial charge in [0.15, 0.2) is 0 Å². The van der Waals surface area contributed by atoms with Crippen LogP contribution < -0.4 is 10.6 Å². The number of benzene rings is 1. The van der Waals surface area contributed by atoms with Gasteiger partial charge >= 0.3 is 0 Å². The molecule has 2 amide bonds. The van der Waals surface area contributed by atoms with Gasteiger partial charge in [-0.25, -0.2) is 4.98 Å². The Labute approximate surface area is 261 Å². The topological polar surface area (TPSA) is 129 Å². The van der Waals surface area contributed by atoms with Crippen LogP contribution in [0.15, 0.2) is 60.3 Å². The monoisotopic (exact) mass is 610 g/mol. The summed E-state index contributed by atoms with van der Waals surface area (Å²) in [5.74, 6) is 0.536. The van der Waals surface area contributed by atoms with E-state index in [9.17, 15) is 14.9 Å². The van der Waals surface area contributed by atoms with E-state index in [4.69, 9.17) is 4.98 Å². The van der Waals surface area contributed by atoms with Crippen molar-refractivity contribution in [2.45, 2.75) is 59.7 Å². The average Bonchev–Trinajstić information content (AvgIpc) is 3.75. The number of likely N-dealkylation sites (tertiary alicyclic amines) is 1. The first-order chi connectivity index (χ1) is 21.2. The van der Waals surface area contributed by atoms with Crippen LogP contribution in [-0.2, 0) is 17.9 Å². The molecule has 1 fully saturated rings. The first-order valence-corrected chi connectivity index (χ1v) is 15.9. The zero-order valence-corrected chi connectivity index (χ0v) is 26.4. The molecule has 228 valence electrons. The van der Waals surface area contributed by atoms with E-state index in [-0.39, 0.29) is 29.3 Å². The number of nitrogens with zero attached hydrogens (tertiary/aromatic N) is 6. The standard InChI is InChI=1S/C33H38N8O2S/c1-21(2)15-24(17-34)32(43)40-14-6-7-25(40)20-41-28-10-9-23(19-35-18-22(3)4)16-27(28)37-33(41)38-31(42)30-12-11-29(44-30)26-8-5-13-36-39-26/h5,8-13,15-16,21-22,25,35H,6-7,14,18-20H2,1-4H3,(H,37,38,42)/b24-15+/t25-/m1/s1. The Kier molecular flexibility index (Phi) is 9.82. The van der Waals surface area contributed by atoms with Gasteiger partial charge in [-0.3, -0.25) is 14.9 Å². The number of nitriles is 1. The number of anilines is 1. The number of allylic oxidation sites excluding steroid dienone is 1. The molecule has 0 spiro atoms. The van der Waals surface area contributed by atoms with E-state index in [1.54, 1.807) is 23.2 Å². The van der Waals surface area contributed by atoms with Gasteiger partial charge in [-0.15, -0.1) is 16.4 Å². The van der Waals surface area contributed by atoms with E-state index >= 15 is 0 Å². The van der Waals surface area contributed by atoms with Crippen LogP contribution >= 0.6 is 11.3 Å². The number of fused-ring (bicyclic) bond motifs is 1. The summed E-state index contributed by atoms with van der Waals surface area (Å²) in [6, 6.07) is 15.4. The minimum Gasteiger partial charge on any atom is -0.333 e. The number of hydrogen-bond donors (Lipinski definition) is 2. The van der Waals surface area contributed by atoms with Crippen molar-refractivity contribution in [3.8, 4) is 16.6 Å². The molecule has 1 aromatic carbocycles. The highest BCUT2D eigenvalue weighted by molar-refractivity contribution is 7.17. The van der Waals surface area contributed by atoms with Gasteiger partial charge in [0.1, 0.15) is 17.3 Å². The zero-order valence-electron chi connectivity index (χ0n) is 25.6. The first kappa shape index (κ1) is 31.0. The Morgan fingerprint density at radius 2 is 2.02 bits per heavy atom. The van der Waals surface area contributed by atoms with E-state index in [0.717, 1.165) is 40.9 Å². The van der Waals surface area contributed by atoms with E-state index in [0.29, 0.717) is 42.1 Å². The van der Waals surface area contributed by atoms with Crippen LogP contribution in [0.4, 0.5) is 5.95 Å². The molecular weight excluding hydrogens is 572 g/mol. The highest BCUT2D eigenvalue weighted by atomic mass is 32.1. The van der Waals surface area contributed by atoms with E-state index in [1.807, 2.05) is 48.7 Å². The smallest absolute Gasteiger partial charge is 0.268 e. The molecule has 4 heterocycles. The minimum absolute atomic E-state index is 0.0880. The molecule has 0 radical (unpaired) electrons. The molecular formula is C33H38N8O2S. The molecule has 1 atom stereocenters. The van der Waals surface area contributed by atoms with E-state index in [1.165, 1.54) is 11.3 Å². The molecule has 4 aromatic rings. The first-order valence-electron chi connectivity index (χ1n) is 15.1. The molecule has 0 saturated carbocycles. The van der Waals surface area contributed by atoms with Gasteiger partial charge in [0.25, 0.3) is 11.8 Å². The van der Waals surface area contributed by atoms with E-state index in [2.05, 4.69) is 46.8 Å². The highest BCUT2D eigenvalue weighted by Gasteiger charge is 2.32. The molecule has 1 aliphatic heterocycles. The number of carbonyl (C=O) groups is 2. The number of amides is 2. The van der Waals surface area contributed by atoms with Crippen LogP contribution in [0.2, 0.25) is 0 Å². The lowest BCUT2D eigenvalue weighted by Crippen LogP contribution is -2.39. The molecule has 44 heavy (non-hydrogen) atoms. The Balaban J connectivity index is 1.44. The largest absolute Gasteiger partial charge is 0.333 e. The number of nitrogens with one attached hydrogen (secondary N) is 2. The summed E-state index contributed by atoms with van der Waals surface area (Å²) in [6.07, 6.45) is 4.98. The molecule has 0 aliphatic carbocycles. The van der Waals surface area contributed by atoms with Crippen molar-refractivity contribution < 1.29 is 9.59 Å². The third-order valence-electron chi connectivity index (χ3n) is 7.46. The van der Waals surface area contributed by atoms with Gasteiger partial charge in [0, 0.05) is 25.8 Å². The van der Waals surface area contributed by atoms with Crippen LogP contribution in [0.25, 0.3) is 21.6 Å². The Morgan fingerprint density at radius 3 is 2.75 bits per heavy atom. The third-order valence-corrected chi connectivity index (χ3v) is 8.56. The van der Waals surface area contributed by atoms with Crippen molar-refractivity contribution in [3.63, 3.8) is 0 Å². The minimum atomic E-state index is -0.272. The quantitative estimate of drug-likeness (QED) is 0.166. The van der Waals surface area contributed by atoms with Crippen LogP contribution in [0.5, 0.6) is 0 Å². The summed E-state index contributed by atoms with van der Waals surface area (Å²) in [6.45, 7) is 10.9. The Hall–Kier alpha value is -4.40. The number of aromatic nitrogens is 4. The maximum atomic E-state index is 13.5. The summed E-state index contributed by atoms with van der Waals surface area (Å²) in [7, 11) is 0. The predicted molar refractivity (Wildman–Crippen MR) is 173 cm³/mol. The van der Waals surface area contributed by atoms with Crippen molar-refractivity contribution in [2.75, 3.05) is 18.4 Å². The summed E-state index contributed by atoms with van der Waals surface area (Å²) in [5, 5.41) is 24.3. The number of rotatable bonds is 11. The molecule has 5 rings (SSSR count). The Bertz CT molecular complexity index is 1700. The van der Waals surface area contributed by atoms with Crippen molar-refractivity contribution in [1.82, 2.24) is 30.0 Å². The lowest BCUT2D eigenvalue weighted by Gasteiger charge is -2.26. The third kappa shape index (κ3) is 7.21. The van der Waals surface area contributed by atoms with Crippen LogP contribution in [0, 0.1) is 23.2 Å². The van der Waals surface area contributed by atoms with Gasteiger partial charge in [0.05, 0.1) is 26.8 Å². The fraction of sp³-hybridized carbons (Fsp3) is 0.394. The molecule has 1 aliphatic rings. The van der Waals surface area contributed by atoms with Gasteiger partial charge in [-0.05, 0) is 73.2 Å². The van der Waals surface area contributed by atoms with Gasteiger partial charge in [-0.1, -0.05) is 39.8 Å². The second-order valence-corrected chi connectivity index (χ2v) is 12.9. The average molecular weight is 611 g/mol. The van der Waals surface area contributed by atoms with E-state index < -0.39 is 0 Å². The van der Waals surface area contributed by atoms with Gasteiger partial charge < -0.3 is 14.8 Å². The number of imidazole rings is 1. The fourth-order valence-electron chi connectivity index (χ4n) is 5.41. The maximum Gasteiger partial charge on any atom is 0.268 e. The van der Waals surface area contributed by atoms with Crippen LogP contribution in [0.1, 0.15) is 55.8 Å². The lowest BCUT2D eigenvalue weighted by atomic mass is 10.1. The van der Waals surface area contributed by atoms with Crippen LogP contribution in [0.3, 0.4) is 0 Å². The number of thiophene rings is 1. The molecule has 0 bridgehead atoms. The van der Waals surface area contributed by atoms with Gasteiger partial charge in [-0.2, -0.15) is 10.4 Å². The Morgan fingerprint density at radius 1 is 1.18 bits per heavy atom. The zero-order chi connectivity index (χ0) is 31.2. The molecule has 0 unspecified atom stereocenters. The summed E-state index contributed by atoms with van der Waals surface area (Å²) < 4.78 is 1.99. The molecule has 3 aromatic heterocycles. The molecule has 10 nitrogen and oxygen atoms in total. The van der Waals surface area contributed by atoms with Crippen LogP contribution in [-0.4, -0.2) is 55.6 Å². The highest BCUT2D eigenvalue weighted by Crippen LogP contribution is 2.29. The van der Waals surface area contributed by atoms with Crippen molar-refractivity contribution in [2.24, 2.45) is 11.8 Å². The molecule has 11 heteroatoms. The second kappa shape index (κ2) is 13.9. The lowest BCUT2D eigenvalue weighted by molar-refractivity contribution is -0.127. The predicted octanol–water partition coefficient (Wildman–Crippen LogP) is 5.65. The molecule has 2 N–H and O–H groups in total. The van der Waals surface area contributed by atoms with Gasteiger partial charge in [0.2, 0.25) is 5.95 Å². The summed E-state index contributed by atoms with van der Waals surface area (Å²) in [5.41, 5.74) is 3.62. The van der Waals surface area contributed by atoms with Crippen molar-refractivity contribution in [1.29, 1.82) is 5.26 Å². The summed E-state index contributed by atoms with van der Waals surface area (Å²) >= 11 is 1.34. The SMILES string of the molecule is CC(C)/C=C(\C#N)C(=O)N1CCC[C@@H]1Cn1c(NC(=O)c2ccc(-c3cccnn3)s2)nc2cc(CNCC(C)C)ccc21.